The quantitative estimate of drug-likeness (QED) is 0.839. The summed E-state index contributed by atoms with van der Waals surface area (Å²) >= 11 is 0. The minimum atomic E-state index is -1.17. The zero-order valence-corrected chi connectivity index (χ0v) is 9.85. The molecule has 2 rings (SSSR count). The van der Waals surface area contributed by atoms with E-state index in [0.29, 0.717) is 25.7 Å². The second kappa shape index (κ2) is 5.68. The Morgan fingerprint density at radius 3 is 2.78 bits per heavy atom. The Kier molecular flexibility index (Phi) is 3.99. The third-order valence-corrected chi connectivity index (χ3v) is 2.99. The number of furan rings is 1. The van der Waals surface area contributed by atoms with Crippen molar-refractivity contribution >= 4 is 11.9 Å². The SMILES string of the molecule is O=C(O)c1ccoc1C(=O)NCC1CCOCC1. The fourth-order valence-electron chi connectivity index (χ4n) is 1.92. The first kappa shape index (κ1) is 12.6. The molecule has 2 heterocycles. The van der Waals surface area contributed by atoms with E-state index in [1.807, 2.05) is 0 Å². The molecular formula is C12H15NO5. The highest BCUT2D eigenvalue weighted by Gasteiger charge is 2.21. The van der Waals surface area contributed by atoms with Crippen LogP contribution in [0.1, 0.15) is 33.8 Å². The van der Waals surface area contributed by atoms with E-state index >= 15 is 0 Å². The predicted octanol–water partition coefficient (Wildman–Crippen LogP) is 1.13. The number of carbonyl (C=O) groups excluding carboxylic acids is 1. The van der Waals surface area contributed by atoms with Crippen LogP contribution >= 0.6 is 0 Å². The predicted molar refractivity (Wildman–Crippen MR) is 61.5 cm³/mol. The van der Waals surface area contributed by atoms with Gasteiger partial charge in [0.2, 0.25) is 5.76 Å². The number of hydrogen-bond donors (Lipinski definition) is 2. The van der Waals surface area contributed by atoms with E-state index in [4.69, 9.17) is 14.3 Å². The van der Waals surface area contributed by atoms with Gasteiger partial charge in [0.05, 0.1) is 6.26 Å². The Hall–Kier alpha value is -1.82. The minimum Gasteiger partial charge on any atom is -0.478 e. The van der Waals surface area contributed by atoms with E-state index in [-0.39, 0.29) is 11.3 Å². The first-order chi connectivity index (χ1) is 8.68. The zero-order valence-electron chi connectivity index (χ0n) is 9.85. The lowest BCUT2D eigenvalue weighted by Crippen LogP contribution is -2.32. The number of carbonyl (C=O) groups is 2. The summed E-state index contributed by atoms with van der Waals surface area (Å²) in [5.74, 6) is -1.41. The maximum atomic E-state index is 11.8. The van der Waals surface area contributed by atoms with Gasteiger partial charge in [-0.25, -0.2) is 4.79 Å². The number of nitrogens with one attached hydrogen (secondary N) is 1. The molecule has 0 saturated carbocycles. The molecule has 0 aliphatic carbocycles. The molecule has 0 spiro atoms. The van der Waals surface area contributed by atoms with Crippen molar-refractivity contribution in [3.05, 3.63) is 23.7 Å². The molecular weight excluding hydrogens is 238 g/mol. The van der Waals surface area contributed by atoms with Gasteiger partial charge in [-0.15, -0.1) is 0 Å². The van der Waals surface area contributed by atoms with Crippen molar-refractivity contribution in [3.63, 3.8) is 0 Å². The number of rotatable bonds is 4. The van der Waals surface area contributed by atoms with Crippen molar-refractivity contribution < 1.29 is 23.8 Å². The summed E-state index contributed by atoms with van der Waals surface area (Å²) in [6.07, 6.45) is 3.02. The lowest BCUT2D eigenvalue weighted by molar-refractivity contribution is 0.0635. The van der Waals surface area contributed by atoms with Gasteiger partial charge in [-0.05, 0) is 24.8 Å². The normalized spacial score (nSPS) is 16.4. The molecule has 1 saturated heterocycles. The molecule has 2 N–H and O–H groups in total. The van der Waals surface area contributed by atoms with Gasteiger partial charge in [-0.1, -0.05) is 0 Å². The Morgan fingerprint density at radius 1 is 1.39 bits per heavy atom. The van der Waals surface area contributed by atoms with Gasteiger partial charge < -0.3 is 19.6 Å². The molecule has 1 fully saturated rings. The Morgan fingerprint density at radius 2 is 2.11 bits per heavy atom. The Balaban J connectivity index is 1.91. The second-order valence-corrected chi connectivity index (χ2v) is 4.23. The van der Waals surface area contributed by atoms with Gasteiger partial charge in [0.1, 0.15) is 5.56 Å². The topological polar surface area (TPSA) is 88.8 Å². The number of carboxylic acid groups (broad SMARTS) is 1. The highest BCUT2D eigenvalue weighted by atomic mass is 16.5. The summed E-state index contributed by atoms with van der Waals surface area (Å²) in [5, 5.41) is 11.6. The van der Waals surface area contributed by atoms with E-state index in [0.717, 1.165) is 12.8 Å². The summed E-state index contributed by atoms with van der Waals surface area (Å²) < 4.78 is 10.1. The fraction of sp³-hybridized carbons (Fsp3) is 0.500. The lowest BCUT2D eigenvalue weighted by atomic mass is 10.0. The molecule has 0 radical (unpaired) electrons. The van der Waals surface area contributed by atoms with Crippen molar-refractivity contribution in [2.24, 2.45) is 5.92 Å². The van der Waals surface area contributed by atoms with Crippen LogP contribution in [0, 0.1) is 5.92 Å². The molecule has 6 heteroatoms. The van der Waals surface area contributed by atoms with Gasteiger partial charge in [0.15, 0.2) is 0 Å². The zero-order chi connectivity index (χ0) is 13.0. The van der Waals surface area contributed by atoms with Crippen LogP contribution in [0.5, 0.6) is 0 Å². The van der Waals surface area contributed by atoms with E-state index in [1.54, 1.807) is 0 Å². The molecule has 0 bridgehead atoms. The van der Waals surface area contributed by atoms with Gasteiger partial charge >= 0.3 is 5.97 Å². The van der Waals surface area contributed by atoms with Gasteiger partial charge in [0, 0.05) is 19.8 Å². The molecule has 0 aromatic carbocycles. The van der Waals surface area contributed by atoms with Crippen molar-refractivity contribution in [3.8, 4) is 0 Å². The molecule has 1 aromatic heterocycles. The lowest BCUT2D eigenvalue weighted by Gasteiger charge is -2.21. The third-order valence-electron chi connectivity index (χ3n) is 2.99. The Bertz CT molecular complexity index is 433. The first-order valence-electron chi connectivity index (χ1n) is 5.85. The highest BCUT2D eigenvalue weighted by Crippen LogP contribution is 2.14. The van der Waals surface area contributed by atoms with Crippen LogP contribution in [0.2, 0.25) is 0 Å². The average molecular weight is 253 g/mol. The maximum absolute atomic E-state index is 11.8. The van der Waals surface area contributed by atoms with Crippen LogP contribution in [-0.4, -0.2) is 36.7 Å². The summed E-state index contributed by atoms with van der Waals surface area (Å²) in [6.45, 7) is 1.94. The van der Waals surface area contributed by atoms with E-state index in [2.05, 4.69) is 5.32 Å². The molecule has 1 aromatic rings. The number of aromatic carboxylic acids is 1. The summed E-state index contributed by atoms with van der Waals surface area (Å²) in [5.41, 5.74) is -0.112. The average Bonchev–Trinajstić information content (AvgIpc) is 2.86. The van der Waals surface area contributed by atoms with E-state index < -0.39 is 11.9 Å². The number of hydrogen-bond acceptors (Lipinski definition) is 4. The smallest absolute Gasteiger partial charge is 0.339 e. The van der Waals surface area contributed by atoms with Crippen molar-refractivity contribution in [1.29, 1.82) is 0 Å². The third kappa shape index (κ3) is 2.89. The molecule has 0 atom stereocenters. The fourth-order valence-corrected chi connectivity index (χ4v) is 1.92. The molecule has 1 aliphatic rings. The summed E-state index contributed by atoms with van der Waals surface area (Å²) in [4.78, 5) is 22.6. The summed E-state index contributed by atoms with van der Waals surface area (Å²) in [7, 11) is 0. The van der Waals surface area contributed by atoms with Gasteiger partial charge in [-0.3, -0.25) is 4.79 Å². The number of amides is 1. The van der Waals surface area contributed by atoms with Crippen LogP contribution in [0.15, 0.2) is 16.7 Å². The molecule has 1 amide bonds. The van der Waals surface area contributed by atoms with Crippen molar-refractivity contribution in [2.75, 3.05) is 19.8 Å². The Labute approximate surface area is 104 Å². The van der Waals surface area contributed by atoms with Gasteiger partial charge in [-0.2, -0.15) is 0 Å². The maximum Gasteiger partial charge on any atom is 0.339 e. The van der Waals surface area contributed by atoms with Crippen LogP contribution in [-0.2, 0) is 4.74 Å². The number of ether oxygens (including phenoxy) is 1. The van der Waals surface area contributed by atoms with Crippen LogP contribution in [0.25, 0.3) is 0 Å². The van der Waals surface area contributed by atoms with Crippen LogP contribution < -0.4 is 5.32 Å². The molecule has 1 aliphatic heterocycles. The first-order valence-corrected chi connectivity index (χ1v) is 5.85. The monoisotopic (exact) mass is 253 g/mol. The van der Waals surface area contributed by atoms with E-state index in [9.17, 15) is 9.59 Å². The second-order valence-electron chi connectivity index (χ2n) is 4.23. The molecule has 18 heavy (non-hydrogen) atoms. The molecule has 98 valence electrons. The standard InChI is InChI=1S/C12H15NO5/c14-11(10-9(12(15)16)3-6-18-10)13-7-8-1-4-17-5-2-8/h3,6,8H,1-2,4-5,7H2,(H,13,14)(H,15,16). The molecule has 0 unspecified atom stereocenters. The van der Waals surface area contributed by atoms with Crippen molar-refractivity contribution in [2.45, 2.75) is 12.8 Å². The minimum absolute atomic E-state index is 0.112. The van der Waals surface area contributed by atoms with Crippen LogP contribution in [0.4, 0.5) is 0 Å². The number of carboxylic acids is 1. The molecule has 6 nitrogen and oxygen atoms in total. The summed E-state index contributed by atoms with van der Waals surface area (Å²) in [6, 6.07) is 1.27. The largest absolute Gasteiger partial charge is 0.478 e. The highest BCUT2D eigenvalue weighted by molar-refractivity contribution is 6.02. The van der Waals surface area contributed by atoms with Crippen LogP contribution in [0.3, 0.4) is 0 Å². The van der Waals surface area contributed by atoms with E-state index in [1.165, 1.54) is 12.3 Å². The van der Waals surface area contributed by atoms with Gasteiger partial charge in [0.25, 0.3) is 5.91 Å². The van der Waals surface area contributed by atoms with Crippen molar-refractivity contribution in [1.82, 2.24) is 5.32 Å².